The Labute approximate surface area is 243 Å². The SMILES string of the molecule is CC(C)(C)OC(=O)CC[C@]1(C(=O)NNCCF)N=C(c2ccc(OCCCO)cc2)O[C@H]1c1ccccc1CN=[N+]=[N-]. The van der Waals surface area contributed by atoms with E-state index in [0.717, 1.165) is 0 Å². The highest BCUT2D eigenvalue weighted by atomic mass is 19.1. The molecule has 2 aromatic rings. The first kappa shape index (κ1) is 32.3. The Bertz CT molecular complexity index is 1290. The first-order valence-electron chi connectivity index (χ1n) is 13.6. The number of nitrogens with zero attached hydrogens (tertiary/aromatic N) is 4. The zero-order chi connectivity index (χ0) is 30.6. The summed E-state index contributed by atoms with van der Waals surface area (Å²) < 4.78 is 30.4. The van der Waals surface area contributed by atoms with Crippen LogP contribution >= 0.6 is 0 Å². The van der Waals surface area contributed by atoms with Crippen LogP contribution in [0.5, 0.6) is 5.75 Å². The molecule has 0 spiro atoms. The third-order valence-electron chi connectivity index (χ3n) is 6.22. The number of nitrogens with one attached hydrogen (secondary N) is 2. The Morgan fingerprint density at radius 1 is 1.21 bits per heavy atom. The predicted octanol–water partition coefficient (Wildman–Crippen LogP) is 4.23. The lowest BCUT2D eigenvalue weighted by atomic mass is 9.82. The maximum atomic E-state index is 13.9. The van der Waals surface area contributed by atoms with Gasteiger partial charge in [-0.1, -0.05) is 29.4 Å². The van der Waals surface area contributed by atoms with Gasteiger partial charge in [-0.15, -0.1) is 0 Å². The van der Waals surface area contributed by atoms with Crippen molar-refractivity contribution in [1.82, 2.24) is 10.9 Å². The topological polar surface area (TPSA) is 167 Å². The Kier molecular flexibility index (Phi) is 11.7. The maximum absolute atomic E-state index is 13.9. The monoisotopic (exact) mass is 584 g/mol. The van der Waals surface area contributed by atoms with Crippen molar-refractivity contribution in [2.75, 3.05) is 26.4 Å². The second-order valence-electron chi connectivity index (χ2n) is 10.5. The molecule has 0 saturated carbocycles. The van der Waals surface area contributed by atoms with E-state index in [1.54, 1.807) is 69.3 Å². The smallest absolute Gasteiger partial charge is 0.306 e. The lowest BCUT2D eigenvalue weighted by Crippen LogP contribution is -2.53. The molecule has 0 fully saturated rings. The summed E-state index contributed by atoms with van der Waals surface area (Å²) in [6.07, 6.45) is -0.814. The molecule has 3 rings (SSSR count). The molecule has 0 aliphatic carbocycles. The van der Waals surface area contributed by atoms with Gasteiger partial charge in [-0.3, -0.25) is 15.0 Å². The minimum atomic E-state index is -1.68. The number of aliphatic hydroxyl groups is 1. The zero-order valence-electron chi connectivity index (χ0n) is 24.0. The van der Waals surface area contributed by atoms with E-state index in [4.69, 9.17) is 29.8 Å². The number of carbonyl (C=O) groups excluding carboxylic acids is 2. The summed E-state index contributed by atoms with van der Waals surface area (Å²) in [5.74, 6) is -0.445. The van der Waals surface area contributed by atoms with Crippen molar-refractivity contribution >= 4 is 17.8 Å². The summed E-state index contributed by atoms with van der Waals surface area (Å²) in [4.78, 5) is 34.3. The van der Waals surface area contributed by atoms with Gasteiger partial charge in [0.15, 0.2) is 11.6 Å². The third kappa shape index (κ3) is 8.65. The predicted molar refractivity (Wildman–Crippen MR) is 153 cm³/mol. The number of aliphatic imine (C=N–C) groups is 1. The number of amides is 1. The molecule has 1 heterocycles. The number of rotatable bonds is 15. The zero-order valence-corrected chi connectivity index (χ0v) is 24.0. The molecule has 0 saturated heterocycles. The Hall–Kier alpha value is -4.19. The lowest BCUT2D eigenvalue weighted by molar-refractivity contribution is -0.155. The van der Waals surface area contributed by atoms with Crippen molar-refractivity contribution in [1.29, 1.82) is 0 Å². The summed E-state index contributed by atoms with van der Waals surface area (Å²) in [6, 6.07) is 13.9. The van der Waals surface area contributed by atoms with E-state index < -0.39 is 35.8 Å². The Morgan fingerprint density at radius 2 is 1.95 bits per heavy atom. The van der Waals surface area contributed by atoms with Crippen LogP contribution in [0.4, 0.5) is 4.39 Å². The molecule has 0 radical (unpaired) electrons. The van der Waals surface area contributed by atoms with Gasteiger partial charge < -0.3 is 19.3 Å². The standard InChI is InChI=1S/C29H37FN6O6/c1-28(2,3)42-24(38)13-14-29(27(39)35-32-16-15-30)25(23-8-5-4-7-21(23)19-33-36-31)41-26(34-29)20-9-11-22(12-10-20)40-18-6-17-37/h4-5,7-12,25,32,37H,6,13-19H2,1-3H3,(H,35,39)/t25-,29-/m0/s1. The Balaban J connectivity index is 2.08. The van der Waals surface area contributed by atoms with Gasteiger partial charge in [-0.25, -0.2) is 14.8 Å². The molecule has 42 heavy (non-hydrogen) atoms. The second-order valence-corrected chi connectivity index (χ2v) is 10.5. The van der Waals surface area contributed by atoms with Crippen LogP contribution in [0, 0.1) is 0 Å². The number of carbonyl (C=O) groups is 2. The molecule has 13 heteroatoms. The summed E-state index contributed by atoms with van der Waals surface area (Å²) >= 11 is 0. The quantitative estimate of drug-likeness (QED) is 0.0703. The summed E-state index contributed by atoms with van der Waals surface area (Å²) in [6.45, 7) is 4.73. The molecule has 3 N–H and O–H groups in total. The summed E-state index contributed by atoms with van der Waals surface area (Å²) in [5, 5.41) is 12.7. The lowest BCUT2D eigenvalue weighted by Gasteiger charge is -2.31. The van der Waals surface area contributed by atoms with Gasteiger partial charge in [0.25, 0.3) is 5.91 Å². The number of hydrogen-bond acceptors (Lipinski definition) is 9. The van der Waals surface area contributed by atoms with Crippen molar-refractivity contribution in [2.45, 2.75) is 63.8 Å². The first-order valence-corrected chi connectivity index (χ1v) is 13.6. The van der Waals surface area contributed by atoms with Gasteiger partial charge in [0.1, 0.15) is 18.0 Å². The van der Waals surface area contributed by atoms with Crippen LogP contribution in [0.15, 0.2) is 58.6 Å². The molecule has 1 aliphatic heterocycles. The molecule has 1 amide bonds. The minimum absolute atomic E-state index is 0.00832. The number of esters is 1. The number of hydrogen-bond donors (Lipinski definition) is 3. The number of ether oxygens (including phenoxy) is 3. The minimum Gasteiger partial charge on any atom is -0.494 e. The highest BCUT2D eigenvalue weighted by molar-refractivity contribution is 6.01. The van der Waals surface area contributed by atoms with Crippen molar-refractivity contribution in [3.05, 3.63) is 75.7 Å². The third-order valence-corrected chi connectivity index (χ3v) is 6.22. The molecular weight excluding hydrogens is 547 g/mol. The number of hydrazine groups is 1. The second kappa shape index (κ2) is 15.2. The molecule has 12 nitrogen and oxygen atoms in total. The van der Waals surface area contributed by atoms with Crippen LogP contribution in [0.25, 0.3) is 10.4 Å². The average Bonchev–Trinajstić information content (AvgIpc) is 3.35. The van der Waals surface area contributed by atoms with Crippen molar-refractivity contribution in [3.63, 3.8) is 0 Å². The van der Waals surface area contributed by atoms with E-state index in [-0.39, 0.29) is 38.4 Å². The van der Waals surface area contributed by atoms with Crippen LogP contribution in [0.2, 0.25) is 0 Å². The first-order chi connectivity index (χ1) is 20.1. The maximum Gasteiger partial charge on any atom is 0.306 e. The molecule has 0 unspecified atom stereocenters. The fraction of sp³-hybridized carbons (Fsp3) is 0.483. The Morgan fingerprint density at radius 3 is 2.62 bits per heavy atom. The van der Waals surface area contributed by atoms with Crippen molar-refractivity contribution in [3.8, 4) is 5.75 Å². The number of aliphatic hydroxyl groups excluding tert-OH is 1. The molecular formula is C29H37FN6O6. The van der Waals surface area contributed by atoms with Crippen LogP contribution < -0.4 is 15.6 Å². The molecule has 2 atom stereocenters. The summed E-state index contributed by atoms with van der Waals surface area (Å²) in [7, 11) is 0. The van der Waals surface area contributed by atoms with E-state index in [9.17, 15) is 14.0 Å². The summed E-state index contributed by atoms with van der Waals surface area (Å²) in [5.41, 5.74) is 13.3. The van der Waals surface area contributed by atoms with Gasteiger partial charge >= 0.3 is 5.97 Å². The molecule has 0 aromatic heterocycles. The van der Waals surface area contributed by atoms with Crippen molar-refractivity contribution < 1.29 is 33.3 Å². The van der Waals surface area contributed by atoms with Crippen LogP contribution in [-0.2, 0) is 25.6 Å². The number of alkyl halides is 1. The van der Waals surface area contributed by atoms with Gasteiger partial charge in [0.2, 0.25) is 5.90 Å². The highest BCUT2D eigenvalue weighted by Gasteiger charge is 2.54. The van der Waals surface area contributed by atoms with E-state index in [1.807, 2.05) is 0 Å². The van der Waals surface area contributed by atoms with E-state index >= 15 is 0 Å². The molecule has 0 bridgehead atoms. The van der Waals surface area contributed by atoms with Gasteiger partial charge in [-0.2, -0.15) is 0 Å². The fourth-order valence-electron chi connectivity index (χ4n) is 4.37. The van der Waals surface area contributed by atoms with Gasteiger partial charge in [0.05, 0.1) is 13.2 Å². The molecule has 1 aliphatic rings. The molecule has 2 aromatic carbocycles. The normalized spacial score (nSPS) is 17.9. The van der Waals surface area contributed by atoms with E-state index in [2.05, 4.69) is 20.9 Å². The van der Waals surface area contributed by atoms with Gasteiger partial charge in [0, 0.05) is 36.5 Å². The highest BCUT2D eigenvalue weighted by Crippen LogP contribution is 2.44. The van der Waals surface area contributed by atoms with E-state index in [1.165, 1.54) is 0 Å². The number of halogens is 1. The number of benzene rings is 2. The largest absolute Gasteiger partial charge is 0.494 e. The molecule has 226 valence electrons. The van der Waals surface area contributed by atoms with Gasteiger partial charge in [-0.05, 0) is 68.1 Å². The van der Waals surface area contributed by atoms with Crippen LogP contribution in [-0.4, -0.2) is 60.5 Å². The average molecular weight is 585 g/mol. The van der Waals surface area contributed by atoms with Crippen LogP contribution in [0.1, 0.15) is 62.8 Å². The van der Waals surface area contributed by atoms with Crippen molar-refractivity contribution in [2.24, 2.45) is 10.1 Å². The number of azide groups is 1. The van der Waals surface area contributed by atoms with Crippen LogP contribution in [0.3, 0.4) is 0 Å². The van der Waals surface area contributed by atoms with E-state index in [0.29, 0.717) is 35.5 Å². The fourth-order valence-corrected chi connectivity index (χ4v) is 4.37.